The first-order chi connectivity index (χ1) is 13.9. The molecule has 0 N–H and O–H groups in total. The molecule has 0 bridgehead atoms. The standard InChI is InChI=1S/C10H11FN2O.C8H9N3.2C2H6/c1-6-4-7-5-13(2)12-9(7)8(11)10(6)14-3;1-6-3-7-5-11(2)10-8(7)4-9-6;2*1-2/h4-5H,1-3H3;3-5H,1-2H3;2*1-2H3. The Kier molecular flexibility index (Phi) is 9.25. The molecule has 7 heteroatoms. The third-order valence-corrected chi connectivity index (χ3v) is 3.84. The van der Waals surface area contributed by atoms with Crippen LogP contribution >= 0.6 is 0 Å². The summed E-state index contributed by atoms with van der Waals surface area (Å²) in [4.78, 5) is 4.14. The van der Waals surface area contributed by atoms with Gasteiger partial charge in [-0.3, -0.25) is 14.3 Å². The fraction of sp³-hybridized carbons (Fsp3) is 0.409. The number of aromatic nitrogens is 5. The Morgan fingerprint density at radius 1 is 0.897 bits per heavy atom. The number of rotatable bonds is 1. The number of benzene rings is 1. The van der Waals surface area contributed by atoms with Crippen molar-refractivity contribution < 1.29 is 9.13 Å². The molecule has 0 saturated heterocycles. The molecule has 0 radical (unpaired) electrons. The molecule has 0 aliphatic rings. The van der Waals surface area contributed by atoms with Crippen molar-refractivity contribution in [2.24, 2.45) is 14.1 Å². The van der Waals surface area contributed by atoms with Crippen molar-refractivity contribution in [3.63, 3.8) is 0 Å². The normalized spacial score (nSPS) is 9.72. The van der Waals surface area contributed by atoms with E-state index in [0.717, 1.165) is 27.5 Å². The van der Waals surface area contributed by atoms with Crippen LogP contribution in [0.1, 0.15) is 39.0 Å². The zero-order valence-corrected chi connectivity index (χ0v) is 18.9. The topological polar surface area (TPSA) is 57.8 Å². The van der Waals surface area contributed by atoms with Gasteiger partial charge in [0.1, 0.15) is 11.0 Å². The third-order valence-electron chi connectivity index (χ3n) is 3.84. The molecular weight excluding hydrogens is 369 g/mol. The van der Waals surface area contributed by atoms with E-state index in [9.17, 15) is 4.39 Å². The molecule has 3 aromatic heterocycles. The highest BCUT2D eigenvalue weighted by atomic mass is 19.1. The molecule has 0 spiro atoms. The Labute approximate surface area is 172 Å². The molecule has 0 unspecified atom stereocenters. The largest absolute Gasteiger partial charge is 0.493 e. The summed E-state index contributed by atoms with van der Waals surface area (Å²) in [6.07, 6.45) is 5.57. The first-order valence-electron chi connectivity index (χ1n) is 9.81. The Morgan fingerprint density at radius 2 is 1.48 bits per heavy atom. The van der Waals surface area contributed by atoms with E-state index < -0.39 is 0 Å². The predicted molar refractivity (Wildman–Crippen MR) is 118 cm³/mol. The molecule has 0 atom stereocenters. The average Bonchev–Trinajstić information content (AvgIpc) is 3.26. The van der Waals surface area contributed by atoms with E-state index in [1.807, 2.05) is 66.9 Å². The van der Waals surface area contributed by atoms with E-state index in [0.29, 0.717) is 5.52 Å². The van der Waals surface area contributed by atoms with Gasteiger partial charge in [0.2, 0.25) is 0 Å². The monoisotopic (exact) mass is 401 g/mol. The predicted octanol–water partition coefficient (Wildman–Crippen LogP) is 5.36. The molecule has 0 aliphatic carbocycles. The summed E-state index contributed by atoms with van der Waals surface area (Å²) in [7, 11) is 5.14. The second-order valence-corrected chi connectivity index (χ2v) is 5.97. The molecule has 0 fully saturated rings. The highest BCUT2D eigenvalue weighted by Gasteiger charge is 2.13. The van der Waals surface area contributed by atoms with Gasteiger partial charge in [-0.05, 0) is 31.5 Å². The van der Waals surface area contributed by atoms with Gasteiger partial charge >= 0.3 is 0 Å². The van der Waals surface area contributed by atoms with Crippen LogP contribution in [0.2, 0.25) is 0 Å². The van der Waals surface area contributed by atoms with Gasteiger partial charge in [0.25, 0.3) is 0 Å². The molecule has 158 valence electrons. The van der Waals surface area contributed by atoms with Gasteiger partial charge in [0.15, 0.2) is 11.6 Å². The van der Waals surface area contributed by atoms with Crippen LogP contribution in [-0.4, -0.2) is 31.7 Å². The smallest absolute Gasteiger partial charge is 0.193 e. The number of hydrogen-bond acceptors (Lipinski definition) is 4. The van der Waals surface area contributed by atoms with E-state index in [-0.39, 0.29) is 11.6 Å². The van der Waals surface area contributed by atoms with Gasteiger partial charge in [-0.1, -0.05) is 27.7 Å². The first kappa shape index (κ1) is 24.1. The summed E-state index contributed by atoms with van der Waals surface area (Å²) in [5.41, 5.74) is 3.13. The molecule has 29 heavy (non-hydrogen) atoms. The van der Waals surface area contributed by atoms with Crippen LogP contribution in [0.25, 0.3) is 21.8 Å². The number of ether oxygens (including phenoxy) is 1. The number of aryl methyl sites for hydroxylation is 4. The van der Waals surface area contributed by atoms with Crippen LogP contribution in [0.3, 0.4) is 0 Å². The van der Waals surface area contributed by atoms with E-state index in [4.69, 9.17) is 4.74 Å². The summed E-state index contributed by atoms with van der Waals surface area (Å²) >= 11 is 0. The number of hydrogen-bond donors (Lipinski definition) is 0. The van der Waals surface area contributed by atoms with Crippen molar-refractivity contribution in [1.29, 1.82) is 0 Å². The Hall–Kier alpha value is -2.96. The summed E-state index contributed by atoms with van der Waals surface area (Å²) < 4.78 is 22.1. The maximum absolute atomic E-state index is 13.7. The third kappa shape index (κ3) is 5.76. The van der Waals surface area contributed by atoms with Gasteiger partial charge in [0.05, 0.1) is 13.3 Å². The Balaban J connectivity index is 0.000000252. The highest BCUT2D eigenvalue weighted by molar-refractivity contribution is 5.81. The van der Waals surface area contributed by atoms with Crippen molar-refractivity contribution in [1.82, 2.24) is 24.5 Å². The lowest BCUT2D eigenvalue weighted by atomic mass is 10.1. The van der Waals surface area contributed by atoms with Crippen LogP contribution in [0, 0.1) is 19.7 Å². The summed E-state index contributed by atoms with van der Waals surface area (Å²) in [6, 6.07) is 3.90. The Morgan fingerprint density at radius 3 is 2.10 bits per heavy atom. The molecule has 6 nitrogen and oxygen atoms in total. The number of pyridine rings is 1. The molecular formula is C22H32FN5O. The lowest BCUT2D eigenvalue weighted by Crippen LogP contribution is -1.93. The van der Waals surface area contributed by atoms with Crippen LogP contribution in [0.15, 0.2) is 30.7 Å². The molecule has 0 aliphatic heterocycles. The maximum Gasteiger partial charge on any atom is 0.193 e. The van der Waals surface area contributed by atoms with Crippen molar-refractivity contribution in [2.45, 2.75) is 41.5 Å². The van der Waals surface area contributed by atoms with Crippen LogP contribution < -0.4 is 4.74 Å². The second kappa shape index (κ2) is 11.1. The zero-order chi connectivity index (χ0) is 22.1. The number of nitrogens with zero attached hydrogens (tertiary/aromatic N) is 5. The number of halogens is 1. The fourth-order valence-corrected chi connectivity index (χ4v) is 2.77. The number of methoxy groups -OCH3 is 1. The highest BCUT2D eigenvalue weighted by Crippen LogP contribution is 2.28. The van der Waals surface area contributed by atoms with Crippen molar-refractivity contribution >= 4 is 21.8 Å². The summed E-state index contributed by atoms with van der Waals surface area (Å²) in [5, 5.41) is 10.2. The lowest BCUT2D eigenvalue weighted by molar-refractivity contribution is 0.385. The minimum atomic E-state index is -0.386. The van der Waals surface area contributed by atoms with Crippen molar-refractivity contribution in [2.75, 3.05) is 7.11 Å². The minimum absolute atomic E-state index is 0.274. The molecule has 4 aromatic rings. The fourth-order valence-electron chi connectivity index (χ4n) is 2.77. The van der Waals surface area contributed by atoms with Crippen molar-refractivity contribution in [3.8, 4) is 5.75 Å². The summed E-state index contributed by atoms with van der Waals surface area (Å²) in [6.45, 7) is 11.8. The molecule has 1 aromatic carbocycles. The summed E-state index contributed by atoms with van der Waals surface area (Å²) in [5.74, 6) is -0.112. The minimum Gasteiger partial charge on any atom is -0.493 e. The van der Waals surface area contributed by atoms with E-state index in [2.05, 4.69) is 15.2 Å². The maximum atomic E-state index is 13.7. The average molecular weight is 402 g/mol. The van der Waals surface area contributed by atoms with Gasteiger partial charge < -0.3 is 4.74 Å². The number of fused-ring (bicyclic) bond motifs is 2. The van der Waals surface area contributed by atoms with Crippen LogP contribution in [-0.2, 0) is 14.1 Å². The van der Waals surface area contributed by atoms with Crippen molar-refractivity contribution in [3.05, 3.63) is 47.8 Å². The molecule has 0 saturated carbocycles. The zero-order valence-electron chi connectivity index (χ0n) is 18.9. The Bertz CT molecular complexity index is 1050. The first-order valence-corrected chi connectivity index (χ1v) is 9.81. The second-order valence-electron chi connectivity index (χ2n) is 5.97. The van der Waals surface area contributed by atoms with E-state index in [1.165, 1.54) is 7.11 Å². The molecule has 0 amide bonds. The SMILES string of the molecule is CC.CC.COc1c(C)cc2cn(C)nc2c1F.Cc1cc2cn(C)nc2cn1. The van der Waals surface area contributed by atoms with Gasteiger partial charge in [-0.2, -0.15) is 10.2 Å². The van der Waals surface area contributed by atoms with Crippen LogP contribution in [0.5, 0.6) is 5.75 Å². The van der Waals surface area contributed by atoms with Crippen LogP contribution in [0.4, 0.5) is 4.39 Å². The molecule has 3 heterocycles. The van der Waals surface area contributed by atoms with E-state index in [1.54, 1.807) is 28.8 Å². The van der Waals surface area contributed by atoms with Gasteiger partial charge in [0, 0.05) is 43.0 Å². The van der Waals surface area contributed by atoms with E-state index >= 15 is 0 Å². The van der Waals surface area contributed by atoms with Gasteiger partial charge in [-0.15, -0.1) is 0 Å². The lowest BCUT2D eigenvalue weighted by Gasteiger charge is -2.05. The molecule has 4 rings (SSSR count). The quantitative estimate of drug-likeness (QED) is 0.431. The van der Waals surface area contributed by atoms with Gasteiger partial charge in [-0.25, -0.2) is 4.39 Å².